The van der Waals surface area contributed by atoms with Gasteiger partial charge in [0.25, 0.3) is 0 Å². The van der Waals surface area contributed by atoms with Gasteiger partial charge in [0.2, 0.25) is 5.78 Å². The summed E-state index contributed by atoms with van der Waals surface area (Å²) in [4.78, 5) is 35.5. The van der Waals surface area contributed by atoms with Gasteiger partial charge in [0, 0.05) is 24.3 Å². The monoisotopic (exact) mass is 339 g/mol. The van der Waals surface area contributed by atoms with Crippen molar-refractivity contribution in [2.75, 3.05) is 13.2 Å². The molecule has 24 heavy (non-hydrogen) atoms. The second-order valence-electron chi connectivity index (χ2n) is 4.61. The van der Waals surface area contributed by atoms with Crippen LogP contribution in [0.15, 0.2) is 23.8 Å². The minimum Gasteiger partial charge on any atom is -0.462 e. The molecule has 0 aromatic heterocycles. The molecule has 1 atom stereocenters. The molecular weight excluding hydrogens is 321 g/mol. The third kappa shape index (κ3) is 3.93. The first-order valence-electron chi connectivity index (χ1n) is 7.17. The molecule has 1 rings (SSSR count). The van der Waals surface area contributed by atoms with Gasteiger partial charge in [-0.2, -0.15) is 0 Å². The van der Waals surface area contributed by atoms with Gasteiger partial charge >= 0.3 is 11.8 Å². The van der Waals surface area contributed by atoms with E-state index in [9.17, 15) is 23.9 Å². The maximum Gasteiger partial charge on any atom is 0.372 e. The Morgan fingerprint density at radius 1 is 1.33 bits per heavy atom. The quantitative estimate of drug-likeness (QED) is 0.233. The van der Waals surface area contributed by atoms with E-state index >= 15 is 0 Å². The molecule has 1 aromatic rings. The number of ether oxygens (including phenoxy) is 2. The largest absolute Gasteiger partial charge is 0.462 e. The molecule has 0 fully saturated rings. The van der Waals surface area contributed by atoms with Crippen LogP contribution in [0.1, 0.15) is 29.8 Å². The third-order valence-electron chi connectivity index (χ3n) is 3.11. The fourth-order valence-electron chi connectivity index (χ4n) is 1.94. The van der Waals surface area contributed by atoms with Crippen molar-refractivity contribution in [3.05, 3.63) is 40.7 Å². The number of hydrogen-bond donors (Lipinski definition) is 2. The zero-order valence-corrected chi connectivity index (χ0v) is 13.3. The van der Waals surface area contributed by atoms with E-state index in [0.29, 0.717) is 0 Å². The lowest BCUT2D eigenvalue weighted by Gasteiger charge is -2.25. The molecule has 0 aliphatic rings. The number of benzene rings is 1. The van der Waals surface area contributed by atoms with Crippen LogP contribution in [0.5, 0.6) is 0 Å². The molecular formula is C16H18FNO6. The number of nitrogens with two attached hydrogens (primary N) is 1. The Morgan fingerprint density at radius 3 is 2.46 bits per heavy atom. The number of carbonyl (C=O) groups is 2. The zero-order chi connectivity index (χ0) is 18.3. The van der Waals surface area contributed by atoms with Gasteiger partial charge in [-0.1, -0.05) is 12.1 Å². The van der Waals surface area contributed by atoms with Crippen LogP contribution >= 0.6 is 0 Å². The first kappa shape index (κ1) is 19.7. The first-order chi connectivity index (χ1) is 11.3. The lowest BCUT2D eigenvalue weighted by molar-refractivity contribution is -0.210. The highest BCUT2D eigenvalue weighted by molar-refractivity contribution is 6.17. The van der Waals surface area contributed by atoms with Crippen molar-refractivity contribution in [1.82, 2.24) is 0 Å². The van der Waals surface area contributed by atoms with Crippen LogP contribution in [0, 0.1) is 5.82 Å². The lowest BCUT2D eigenvalue weighted by Crippen LogP contribution is -2.47. The van der Waals surface area contributed by atoms with Crippen molar-refractivity contribution in [3.63, 3.8) is 0 Å². The van der Waals surface area contributed by atoms with Crippen LogP contribution in [0.3, 0.4) is 0 Å². The number of ketones is 1. The highest BCUT2D eigenvalue weighted by Gasteiger charge is 2.48. The Labute approximate surface area is 137 Å². The molecule has 1 unspecified atom stereocenters. The molecule has 0 saturated carbocycles. The molecule has 0 radical (unpaired) electrons. The van der Waals surface area contributed by atoms with E-state index in [1.165, 1.54) is 31.9 Å². The summed E-state index contributed by atoms with van der Waals surface area (Å²) in [7, 11) is 0. The summed E-state index contributed by atoms with van der Waals surface area (Å²) < 4.78 is 23.3. The number of carbonyl (C=O) groups excluding carboxylic acids is 3. The molecule has 0 heterocycles. The molecule has 130 valence electrons. The smallest absolute Gasteiger partial charge is 0.372 e. The Kier molecular flexibility index (Phi) is 6.94. The minimum atomic E-state index is -2.92. The normalized spacial score (nSPS) is 12.9. The molecule has 0 bridgehead atoms. The number of aliphatic hydroxyl groups is 1. The van der Waals surface area contributed by atoms with Crippen LogP contribution < -0.4 is 5.73 Å². The molecule has 8 heteroatoms. The summed E-state index contributed by atoms with van der Waals surface area (Å²) in [6, 6.07) is 3.32. The minimum absolute atomic E-state index is 0.0810. The van der Waals surface area contributed by atoms with Crippen LogP contribution in [0.4, 0.5) is 4.39 Å². The molecule has 0 aliphatic heterocycles. The van der Waals surface area contributed by atoms with E-state index in [2.05, 4.69) is 4.74 Å². The van der Waals surface area contributed by atoms with Gasteiger partial charge in [0.05, 0.1) is 6.61 Å². The Balaban J connectivity index is 3.32. The van der Waals surface area contributed by atoms with Crippen molar-refractivity contribution in [3.8, 4) is 0 Å². The molecule has 0 aliphatic carbocycles. The highest BCUT2D eigenvalue weighted by atomic mass is 19.1. The van der Waals surface area contributed by atoms with Gasteiger partial charge in [-0.05, 0) is 19.9 Å². The molecule has 0 spiro atoms. The predicted molar refractivity (Wildman–Crippen MR) is 81.0 cm³/mol. The maximum absolute atomic E-state index is 13.8. The predicted octanol–water partition coefficient (Wildman–Crippen LogP) is 0.513. The zero-order valence-electron chi connectivity index (χ0n) is 13.3. The lowest BCUT2D eigenvalue weighted by atomic mass is 9.96. The van der Waals surface area contributed by atoms with Crippen LogP contribution in [0.25, 0.3) is 0 Å². The van der Waals surface area contributed by atoms with Crippen molar-refractivity contribution in [1.29, 1.82) is 0 Å². The number of esters is 1. The number of hydrogen-bond acceptors (Lipinski definition) is 7. The van der Waals surface area contributed by atoms with Gasteiger partial charge in [-0.25, -0.2) is 14.0 Å². The second kappa shape index (κ2) is 8.47. The van der Waals surface area contributed by atoms with Crippen LogP contribution in [-0.4, -0.2) is 41.8 Å². The Morgan fingerprint density at radius 2 is 2.00 bits per heavy atom. The summed E-state index contributed by atoms with van der Waals surface area (Å²) in [5.74, 6) is -4.93. The van der Waals surface area contributed by atoms with Gasteiger partial charge < -0.3 is 20.3 Å². The summed E-state index contributed by atoms with van der Waals surface area (Å²) in [6.45, 7) is 2.51. The van der Waals surface area contributed by atoms with E-state index in [0.717, 1.165) is 6.07 Å². The first-order valence-corrected chi connectivity index (χ1v) is 7.17. The Hall–Kier alpha value is -2.38. The summed E-state index contributed by atoms with van der Waals surface area (Å²) in [5, 5.41) is 10.3. The van der Waals surface area contributed by atoms with Gasteiger partial charge in [-0.15, -0.1) is 0 Å². The highest BCUT2D eigenvalue weighted by Crippen LogP contribution is 2.24. The molecule has 7 nitrogen and oxygen atoms in total. The van der Waals surface area contributed by atoms with Gasteiger partial charge in [0.1, 0.15) is 11.8 Å². The van der Waals surface area contributed by atoms with E-state index < -0.39 is 28.9 Å². The summed E-state index contributed by atoms with van der Waals surface area (Å²) in [6.07, 6.45) is 0. The molecule has 1 aromatic carbocycles. The van der Waals surface area contributed by atoms with Crippen molar-refractivity contribution in [2.24, 2.45) is 5.73 Å². The number of halogens is 1. The standard InChI is InChI=1S/C16H18FNO6/c1-3-23-15(21)16(22,24-4-2)12(9-19)14(20)10-5-6-11(8-18)13(17)7-10/h5-7,22H,3-4,8,18H2,1-2H3. The Bertz CT molecular complexity index is 683. The fraction of sp³-hybridized carbons (Fsp3) is 0.375. The van der Waals surface area contributed by atoms with E-state index in [1.54, 1.807) is 0 Å². The average molecular weight is 339 g/mol. The SMILES string of the molecule is CCOC(=O)C(O)(OCC)C(=C=O)C(=O)c1ccc(CN)c(F)c1. The van der Waals surface area contributed by atoms with Crippen LogP contribution in [-0.2, 0) is 25.6 Å². The number of Topliss-reactive ketones (excluding diaryl/α,β-unsaturated/α-hetero) is 1. The third-order valence-corrected chi connectivity index (χ3v) is 3.11. The molecule has 0 saturated heterocycles. The van der Waals surface area contributed by atoms with E-state index in [1.807, 2.05) is 0 Å². The second-order valence-corrected chi connectivity index (χ2v) is 4.61. The van der Waals surface area contributed by atoms with E-state index in [-0.39, 0.29) is 30.9 Å². The molecule has 3 N–H and O–H groups in total. The van der Waals surface area contributed by atoms with Crippen molar-refractivity contribution < 1.29 is 33.4 Å². The average Bonchev–Trinajstić information content (AvgIpc) is 2.55. The fourth-order valence-corrected chi connectivity index (χ4v) is 1.94. The number of rotatable bonds is 8. The van der Waals surface area contributed by atoms with Crippen LogP contribution in [0.2, 0.25) is 0 Å². The summed E-state index contributed by atoms with van der Waals surface area (Å²) >= 11 is 0. The maximum atomic E-state index is 13.8. The molecule has 0 amide bonds. The van der Waals surface area contributed by atoms with Gasteiger partial charge in [-0.3, -0.25) is 4.79 Å². The van der Waals surface area contributed by atoms with Crippen molar-refractivity contribution >= 4 is 17.7 Å². The van der Waals surface area contributed by atoms with Crippen molar-refractivity contribution in [2.45, 2.75) is 26.2 Å². The summed E-state index contributed by atoms with van der Waals surface area (Å²) in [5.41, 5.74) is 4.19. The topological polar surface area (TPSA) is 116 Å². The van der Waals surface area contributed by atoms with E-state index in [4.69, 9.17) is 10.5 Å². The van der Waals surface area contributed by atoms with Gasteiger partial charge in [0.15, 0.2) is 5.57 Å².